The van der Waals surface area contributed by atoms with E-state index in [4.69, 9.17) is 5.14 Å². The molecule has 0 spiro atoms. The second-order valence-electron chi connectivity index (χ2n) is 7.56. The van der Waals surface area contributed by atoms with E-state index >= 15 is 0 Å². The molecule has 0 bridgehead atoms. The number of anilines is 1. The smallest absolute Gasteiger partial charge is 0.238 e. The fraction of sp³-hybridized carbons (Fsp3) is 0.381. The van der Waals surface area contributed by atoms with Crippen LogP contribution in [-0.2, 0) is 21.4 Å². The normalized spacial score (nSPS) is 19.3. The molecule has 1 atom stereocenters. The first-order valence-corrected chi connectivity index (χ1v) is 11.2. The maximum absolute atomic E-state index is 11.9. The summed E-state index contributed by atoms with van der Waals surface area (Å²) in [5.74, 6) is 0.580. The number of hydrogen-bond acceptors (Lipinski definition) is 4. The summed E-state index contributed by atoms with van der Waals surface area (Å²) >= 11 is 0. The number of nitrogens with zero attached hydrogens (tertiary/aromatic N) is 2. The van der Waals surface area contributed by atoms with Gasteiger partial charge in [-0.3, -0.25) is 4.79 Å². The van der Waals surface area contributed by atoms with E-state index in [0.717, 1.165) is 38.2 Å². The highest BCUT2D eigenvalue weighted by Gasteiger charge is 2.30. The van der Waals surface area contributed by atoms with E-state index in [1.807, 2.05) is 29.2 Å². The molecule has 148 valence electrons. The van der Waals surface area contributed by atoms with Gasteiger partial charge in [-0.1, -0.05) is 36.4 Å². The Kier molecular flexibility index (Phi) is 5.12. The number of carbonyl (C=O) groups is 1. The van der Waals surface area contributed by atoms with E-state index in [2.05, 4.69) is 17.0 Å². The van der Waals surface area contributed by atoms with Crippen molar-refractivity contribution in [1.29, 1.82) is 0 Å². The van der Waals surface area contributed by atoms with Crippen LogP contribution in [0.2, 0.25) is 0 Å². The Bertz CT molecular complexity index is 990. The molecule has 1 unspecified atom stereocenters. The molecule has 2 aromatic rings. The lowest BCUT2D eigenvalue weighted by atomic mass is 9.98. The lowest BCUT2D eigenvalue weighted by molar-refractivity contribution is -0.127. The third kappa shape index (κ3) is 3.77. The molecule has 2 heterocycles. The number of nitrogens with two attached hydrogens (primary N) is 1. The molecular formula is C21H25N3O3S. The van der Waals surface area contributed by atoms with Crippen molar-refractivity contribution in [3.63, 3.8) is 0 Å². The third-order valence-electron chi connectivity index (χ3n) is 5.72. The first kappa shape index (κ1) is 19.0. The van der Waals surface area contributed by atoms with Crippen molar-refractivity contribution in [2.75, 3.05) is 24.5 Å². The predicted octanol–water partition coefficient (Wildman–Crippen LogP) is 2.45. The molecule has 1 saturated heterocycles. The van der Waals surface area contributed by atoms with Crippen LogP contribution in [0.4, 0.5) is 5.69 Å². The molecule has 2 aliphatic rings. The van der Waals surface area contributed by atoms with Gasteiger partial charge in [0.2, 0.25) is 15.9 Å². The molecule has 0 saturated carbocycles. The van der Waals surface area contributed by atoms with Gasteiger partial charge in [-0.2, -0.15) is 0 Å². The van der Waals surface area contributed by atoms with E-state index in [1.54, 1.807) is 12.1 Å². The number of carbonyl (C=O) groups excluding carboxylic acids is 1. The van der Waals surface area contributed by atoms with Gasteiger partial charge < -0.3 is 9.80 Å². The molecule has 6 nitrogen and oxygen atoms in total. The maximum Gasteiger partial charge on any atom is 0.238 e. The van der Waals surface area contributed by atoms with Crippen LogP contribution < -0.4 is 10.0 Å². The van der Waals surface area contributed by atoms with Gasteiger partial charge >= 0.3 is 0 Å². The largest absolute Gasteiger partial charge is 0.366 e. The van der Waals surface area contributed by atoms with Crippen LogP contribution in [0.25, 0.3) is 0 Å². The Morgan fingerprint density at radius 3 is 2.54 bits per heavy atom. The quantitative estimate of drug-likeness (QED) is 0.809. The molecule has 0 aromatic heterocycles. The van der Waals surface area contributed by atoms with E-state index in [1.165, 1.54) is 5.56 Å². The second kappa shape index (κ2) is 7.56. The lowest BCUT2D eigenvalue weighted by Crippen LogP contribution is -2.28. The lowest BCUT2D eigenvalue weighted by Gasteiger charge is -2.22. The minimum Gasteiger partial charge on any atom is -0.366 e. The zero-order chi connectivity index (χ0) is 19.7. The number of amides is 1. The average Bonchev–Trinajstić information content (AvgIpc) is 3.23. The number of primary sulfonamides is 1. The zero-order valence-corrected chi connectivity index (χ0v) is 16.6. The van der Waals surface area contributed by atoms with Crippen molar-refractivity contribution in [1.82, 2.24) is 4.90 Å². The van der Waals surface area contributed by atoms with Crippen molar-refractivity contribution >= 4 is 21.6 Å². The van der Waals surface area contributed by atoms with Crippen molar-refractivity contribution in [3.8, 4) is 0 Å². The SMILES string of the molecule is NS(=O)(=O)c1ccccc1CN1CC(CCN2CCCC2=O)c2ccccc21. The van der Waals surface area contributed by atoms with Crippen LogP contribution in [0.1, 0.15) is 36.3 Å². The highest BCUT2D eigenvalue weighted by atomic mass is 32.2. The molecule has 1 amide bonds. The highest BCUT2D eigenvalue weighted by Crippen LogP contribution is 2.39. The van der Waals surface area contributed by atoms with Crippen LogP contribution >= 0.6 is 0 Å². The Morgan fingerprint density at radius 2 is 1.79 bits per heavy atom. The summed E-state index contributed by atoms with van der Waals surface area (Å²) in [6, 6.07) is 15.2. The van der Waals surface area contributed by atoms with E-state index < -0.39 is 10.0 Å². The second-order valence-corrected chi connectivity index (χ2v) is 9.09. The van der Waals surface area contributed by atoms with Gasteiger partial charge in [0.25, 0.3) is 0 Å². The summed E-state index contributed by atoms with van der Waals surface area (Å²) in [6.45, 7) is 2.93. The van der Waals surface area contributed by atoms with Gasteiger partial charge in [0.15, 0.2) is 0 Å². The molecule has 28 heavy (non-hydrogen) atoms. The predicted molar refractivity (Wildman–Crippen MR) is 108 cm³/mol. The number of hydrogen-bond donors (Lipinski definition) is 1. The first-order chi connectivity index (χ1) is 13.4. The van der Waals surface area contributed by atoms with Crippen LogP contribution in [0.3, 0.4) is 0 Å². The van der Waals surface area contributed by atoms with Gasteiger partial charge in [0, 0.05) is 44.2 Å². The van der Waals surface area contributed by atoms with Crippen molar-refractivity contribution in [2.24, 2.45) is 5.14 Å². The van der Waals surface area contributed by atoms with Crippen molar-refractivity contribution < 1.29 is 13.2 Å². The van der Waals surface area contributed by atoms with Gasteiger partial charge in [0.05, 0.1) is 4.90 Å². The molecule has 4 rings (SSSR count). The minimum absolute atomic E-state index is 0.179. The molecule has 0 aliphatic carbocycles. The molecule has 2 aliphatic heterocycles. The summed E-state index contributed by atoms with van der Waals surface area (Å²) < 4.78 is 23.9. The topological polar surface area (TPSA) is 83.7 Å². The fourth-order valence-electron chi connectivity index (χ4n) is 4.35. The van der Waals surface area contributed by atoms with Crippen molar-refractivity contribution in [2.45, 2.75) is 36.6 Å². The number of fused-ring (bicyclic) bond motifs is 1. The van der Waals surface area contributed by atoms with Crippen molar-refractivity contribution in [3.05, 3.63) is 59.7 Å². The van der Waals surface area contributed by atoms with Gasteiger partial charge in [0.1, 0.15) is 0 Å². The summed E-state index contributed by atoms with van der Waals surface area (Å²) in [5.41, 5.74) is 3.10. The number of likely N-dealkylation sites (tertiary alicyclic amines) is 1. The van der Waals surface area contributed by atoms with E-state index in [-0.39, 0.29) is 10.8 Å². The van der Waals surface area contributed by atoms with Crippen LogP contribution in [0, 0.1) is 0 Å². The molecule has 2 N–H and O–H groups in total. The number of rotatable bonds is 6. The monoisotopic (exact) mass is 399 g/mol. The highest BCUT2D eigenvalue weighted by molar-refractivity contribution is 7.89. The Balaban J connectivity index is 1.54. The molecule has 2 aromatic carbocycles. The van der Waals surface area contributed by atoms with Crippen LogP contribution in [0.5, 0.6) is 0 Å². The van der Waals surface area contributed by atoms with Gasteiger partial charge in [-0.25, -0.2) is 13.6 Å². The van der Waals surface area contributed by atoms with Crippen LogP contribution in [-0.4, -0.2) is 38.9 Å². The summed E-state index contributed by atoms with van der Waals surface area (Å²) in [5, 5.41) is 5.40. The first-order valence-electron chi connectivity index (χ1n) is 9.66. The summed E-state index contributed by atoms with van der Waals surface area (Å²) in [6.07, 6.45) is 2.53. The summed E-state index contributed by atoms with van der Waals surface area (Å²) in [4.78, 5) is 16.3. The maximum atomic E-state index is 11.9. The van der Waals surface area contributed by atoms with Gasteiger partial charge in [-0.05, 0) is 36.1 Å². The van der Waals surface area contributed by atoms with E-state index in [0.29, 0.717) is 24.4 Å². The minimum atomic E-state index is -3.76. The average molecular weight is 400 g/mol. The van der Waals surface area contributed by atoms with Gasteiger partial charge in [-0.15, -0.1) is 0 Å². The Hall–Kier alpha value is -2.38. The molecule has 7 heteroatoms. The number of benzene rings is 2. The zero-order valence-electron chi connectivity index (χ0n) is 15.8. The number of sulfonamides is 1. The standard InChI is InChI=1S/C21H25N3O3S/c22-28(26,27)20-9-4-1-6-17(20)15-24-14-16(18-7-2-3-8-19(18)24)11-13-23-12-5-10-21(23)25/h1-4,6-9,16H,5,10-15H2,(H2,22,26,27). The summed E-state index contributed by atoms with van der Waals surface area (Å²) in [7, 11) is -3.76. The molecular weight excluding hydrogens is 374 g/mol. The number of para-hydroxylation sites is 1. The van der Waals surface area contributed by atoms with Crippen LogP contribution in [0.15, 0.2) is 53.4 Å². The Morgan fingerprint density at radius 1 is 1.04 bits per heavy atom. The fourth-order valence-corrected chi connectivity index (χ4v) is 5.12. The molecule has 1 fully saturated rings. The third-order valence-corrected chi connectivity index (χ3v) is 6.73. The molecule has 0 radical (unpaired) electrons. The van der Waals surface area contributed by atoms with E-state index in [9.17, 15) is 13.2 Å². The Labute approximate surface area is 166 Å².